The van der Waals surface area contributed by atoms with Crippen LogP contribution in [0.1, 0.15) is 19.4 Å². The number of benzene rings is 2. The molecule has 0 radical (unpaired) electrons. The van der Waals surface area contributed by atoms with Crippen LogP contribution in [0.4, 0.5) is 16.2 Å². The second-order valence-corrected chi connectivity index (χ2v) is 8.26. The molecule has 7 nitrogen and oxygen atoms in total. The van der Waals surface area contributed by atoms with Gasteiger partial charge in [-0.15, -0.1) is 0 Å². The van der Waals surface area contributed by atoms with E-state index in [1.165, 1.54) is 0 Å². The number of fused-ring (bicyclic) bond motifs is 4. The number of urea groups is 1. The van der Waals surface area contributed by atoms with Gasteiger partial charge in [0.1, 0.15) is 0 Å². The van der Waals surface area contributed by atoms with Gasteiger partial charge in [0.25, 0.3) is 5.91 Å². The number of hydrogen-bond donors (Lipinski definition) is 1. The number of imide groups is 2. The zero-order chi connectivity index (χ0) is 21.0. The zero-order valence-electron chi connectivity index (χ0n) is 16.9. The Morgan fingerprint density at radius 1 is 1.00 bits per heavy atom. The molecular weight excluding hydrogens is 382 g/mol. The van der Waals surface area contributed by atoms with E-state index in [0.717, 1.165) is 16.2 Å². The zero-order valence-corrected chi connectivity index (χ0v) is 16.9. The maximum atomic E-state index is 14.0. The number of para-hydroxylation sites is 2. The highest BCUT2D eigenvalue weighted by Gasteiger charge is 2.64. The van der Waals surface area contributed by atoms with E-state index in [1.54, 1.807) is 24.3 Å². The van der Waals surface area contributed by atoms with Crippen LogP contribution in [0.25, 0.3) is 0 Å². The smallest absolute Gasteiger partial charge is 0.335 e. The molecule has 4 amide bonds. The molecule has 2 aromatic carbocycles. The number of anilines is 2. The molecule has 7 heteroatoms. The fraction of sp³-hybridized carbons (Fsp3) is 0.348. The first-order valence-corrected chi connectivity index (χ1v) is 10.2. The predicted molar refractivity (Wildman–Crippen MR) is 111 cm³/mol. The van der Waals surface area contributed by atoms with Crippen LogP contribution < -0.4 is 15.1 Å². The fourth-order valence-corrected chi connectivity index (χ4v) is 5.27. The third kappa shape index (κ3) is 2.51. The molecule has 1 spiro atoms. The van der Waals surface area contributed by atoms with Gasteiger partial charge in [-0.1, -0.05) is 36.4 Å². The van der Waals surface area contributed by atoms with Crippen molar-refractivity contribution in [3.8, 4) is 0 Å². The molecule has 2 aromatic rings. The number of nitrogens with one attached hydrogen (secondary N) is 1. The fourth-order valence-electron chi connectivity index (χ4n) is 5.27. The van der Waals surface area contributed by atoms with Gasteiger partial charge in [0, 0.05) is 12.2 Å². The molecule has 4 unspecified atom stereocenters. The third-order valence-electron chi connectivity index (χ3n) is 6.38. The summed E-state index contributed by atoms with van der Waals surface area (Å²) in [6.07, 6.45) is -0.205. The Morgan fingerprint density at radius 3 is 2.47 bits per heavy atom. The van der Waals surface area contributed by atoms with Crippen LogP contribution >= 0.6 is 0 Å². The molecule has 2 fully saturated rings. The predicted octanol–water partition coefficient (Wildman–Crippen LogP) is 2.49. The number of hydrogen-bond acceptors (Lipinski definition) is 5. The van der Waals surface area contributed by atoms with Crippen molar-refractivity contribution >= 4 is 29.2 Å². The molecule has 30 heavy (non-hydrogen) atoms. The Balaban J connectivity index is 1.70. The number of morpholine rings is 1. The summed E-state index contributed by atoms with van der Waals surface area (Å²) in [4.78, 5) is 43.3. The van der Waals surface area contributed by atoms with Crippen molar-refractivity contribution in [3.63, 3.8) is 0 Å². The third-order valence-corrected chi connectivity index (χ3v) is 6.38. The molecule has 3 heterocycles. The first kappa shape index (κ1) is 18.8. The van der Waals surface area contributed by atoms with Crippen LogP contribution in [0.3, 0.4) is 0 Å². The summed E-state index contributed by atoms with van der Waals surface area (Å²) < 4.78 is 6.09. The van der Waals surface area contributed by atoms with E-state index in [1.807, 2.05) is 44.2 Å². The maximum absolute atomic E-state index is 14.0. The van der Waals surface area contributed by atoms with E-state index in [4.69, 9.17) is 4.74 Å². The molecule has 5 rings (SSSR count). The lowest BCUT2D eigenvalue weighted by molar-refractivity contribution is -0.151. The average Bonchev–Trinajstić information content (AvgIpc) is 2.72. The van der Waals surface area contributed by atoms with Crippen LogP contribution in [0.15, 0.2) is 54.6 Å². The van der Waals surface area contributed by atoms with Gasteiger partial charge in [0.05, 0.1) is 23.9 Å². The van der Waals surface area contributed by atoms with Crippen molar-refractivity contribution in [2.24, 2.45) is 5.41 Å². The molecule has 3 aliphatic heterocycles. The van der Waals surface area contributed by atoms with Gasteiger partial charge in [-0.2, -0.15) is 0 Å². The number of rotatable bonds is 1. The Kier molecular flexibility index (Phi) is 4.18. The van der Waals surface area contributed by atoms with Crippen LogP contribution in [-0.4, -0.2) is 42.6 Å². The van der Waals surface area contributed by atoms with Crippen LogP contribution in [0.2, 0.25) is 0 Å². The summed E-state index contributed by atoms with van der Waals surface area (Å²) in [5, 5.41) is 2.46. The number of amides is 4. The highest BCUT2D eigenvalue weighted by Crippen LogP contribution is 2.48. The standard InChI is InChI=1S/C23H23N3O4/c1-14-13-25-18-11-7-6-8-16(18)12-23(19(25)15(2)30-14)20(27)24-22(29)26(21(23)28)17-9-4-3-5-10-17/h3-11,14-15,19H,12-13H2,1-2H3,(H,24,27,29). The lowest BCUT2D eigenvalue weighted by Crippen LogP contribution is -2.76. The van der Waals surface area contributed by atoms with Gasteiger partial charge < -0.3 is 9.64 Å². The first-order chi connectivity index (χ1) is 14.4. The molecule has 0 bridgehead atoms. The molecule has 0 aromatic heterocycles. The second kappa shape index (κ2) is 6.67. The number of carbonyl (C=O) groups is 3. The van der Waals surface area contributed by atoms with E-state index < -0.39 is 29.3 Å². The summed E-state index contributed by atoms with van der Waals surface area (Å²) in [6.45, 7) is 4.44. The number of ether oxygens (including phenoxy) is 1. The van der Waals surface area contributed by atoms with E-state index in [0.29, 0.717) is 12.2 Å². The normalized spacial score (nSPS) is 30.7. The minimum Gasteiger partial charge on any atom is -0.372 e. The van der Waals surface area contributed by atoms with Gasteiger partial charge >= 0.3 is 6.03 Å². The molecule has 2 saturated heterocycles. The van der Waals surface area contributed by atoms with Crippen LogP contribution in [0.5, 0.6) is 0 Å². The van der Waals surface area contributed by atoms with Crippen molar-refractivity contribution < 1.29 is 19.1 Å². The molecule has 0 saturated carbocycles. The minimum atomic E-state index is -1.46. The Labute approximate surface area is 174 Å². The summed E-state index contributed by atoms with van der Waals surface area (Å²) in [5.41, 5.74) is 0.910. The SMILES string of the molecule is CC1CN2c3ccccc3CC3(C(=O)NC(=O)N(c4ccccc4)C3=O)C2C(C)O1. The van der Waals surface area contributed by atoms with Crippen LogP contribution in [0, 0.1) is 5.41 Å². The van der Waals surface area contributed by atoms with E-state index in [9.17, 15) is 14.4 Å². The topological polar surface area (TPSA) is 79.0 Å². The largest absolute Gasteiger partial charge is 0.372 e. The molecule has 154 valence electrons. The van der Waals surface area contributed by atoms with E-state index >= 15 is 0 Å². The lowest BCUT2D eigenvalue weighted by Gasteiger charge is -2.56. The highest BCUT2D eigenvalue weighted by atomic mass is 16.5. The van der Waals surface area contributed by atoms with Gasteiger partial charge in [-0.3, -0.25) is 14.9 Å². The quantitative estimate of drug-likeness (QED) is 0.738. The van der Waals surface area contributed by atoms with Gasteiger partial charge in [0.15, 0.2) is 5.41 Å². The molecular formula is C23H23N3O4. The molecule has 0 aliphatic carbocycles. The molecule has 4 atom stereocenters. The maximum Gasteiger partial charge on any atom is 0.335 e. The second-order valence-electron chi connectivity index (χ2n) is 8.26. The van der Waals surface area contributed by atoms with Crippen molar-refractivity contribution in [1.29, 1.82) is 0 Å². The van der Waals surface area contributed by atoms with Crippen molar-refractivity contribution in [2.75, 3.05) is 16.3 Å². The lowest BCUT2D eigenvalue weighted by atomic mass is 9.66. The van der Waals surface area contributed by atoms with Gasteiger partial charge in [-0.05, 0) is 44.0 Å². The molecule has 1 N–H and O–H groups in total. The number of nitrogens with zero attached hydrogens (tertiary/aromatic N) is 2. The Morgan fingerprint density at radius 2 is 1.70 bits per heavy atom. The van der Waals surface area contributed by atoms with Crippen molar-refractivity contribution in [2.45, 2.75) is 38.5 Å². The Bertz CT molecular complexity index is 1040. The summed E-state index contributed by atoms with van der Waals surface area (Å²) >= 11 is 0. The number of barbiturate groups is 1. The number of carbonyl (C=O) groups excluding carboxylic acids is 3. The van der Waals surface area contributed by atoms with Crippen LogP contribution in [-0.2, 0) is 20.7 Å². The van der Waals surface area contributed by atoms with E-state index in [-0.39, 0.29) is 18.6 Å². The van der Waals surface area contributed by atoms with E-state index in [2.05, 4.69) is 10.2 Å². The summed E-state index contributed by atoms with van der Waals surface area (Å²) in [7, 11) is 0. The summed E-state index contributed by atoms with van der Waals surface area (Å²) in [6, 6.07) is 15.3. The summed E-state index contributed by atoms with van der Waals surface area (Å²) in [5.74, 6) is -1.06. The molecule has 3 aliphatic rings. The van der Waals surface area contributed by atoms with Crippen molar-refractivity contribution in [1.82, 2.24) is 5.32 Å². The average molecular weight is 405 g/mol. The monoisotopic (exact) mass is 405 g/mol. The first-order valence-electron chi connectivity index (χ1n) is 10.2. The highest BCUT2D eigenvalue weighted by molar-refractivity contribution is 6.30. The van der Waals surface area contributed by atoms with Crippen molar-refractivity contribution in [3.05, 3.63) is 60.2 Å². The minimum absolute atomic E-state index is 0.0481. The Hall–Kier alpha value is -3.19. The van der Waals surface area contributed by atoms with Gasteiger partial charge in [-0.25, -0.2) is 9.69 Å². The van der Waals surface area contributed by atoms with Gasteiger partial charge in [0.2, 0.25) is 5.91 Å².